The number of nitrogens with one attached hydrogen (secondary N) is 2. The Morgan fingerprint density at radius 2 is 2.22 bits per heavy atom. The molecule has 0 bridgehead atoms. The van der Waals surface area contributed by atoms with Gasteiger partial charge in [-0.1, -0.05) is 0 Å². The Morgan fingerprint density at radius 3 is 2.83 bits per heavy atom. The molecule has 0 spiro atoms. The summed E-state index contributed by atoms with van der Waals surface area (Å²) in [6.07, 6.45) is 0.0486. The third kappa shape index (κ3) is 3.22. The molecule has 0 aromatic carbocycles. The second-order valence-corrected chi connectivity index (χ2v) is 5.84. The number of thiophene rings is 1. The van der Waals surface area contributed by atoms with E-state index in [-0.39, 0.29) is 6.17 Å². The lowest BCUT2D eigenvalue weighted by Crippen LogP contribution is -2.53. The summed E-state index contributed by atoms with van der Waals surface area (Å²) < 4.78 is 0. The van der Waals surface area contributed by atoms with E-state index in [0.717, 1.165) is 11.9 Å². The second-order valence-electron chi connectivity index (χ2n) is 4.47. The number of guanidine groups is 2. The van der Waals surface area contributed by atoms with E-state index < -0.39 is 0 Å². The highest BCUT2D eigenvalue weighted by Crippen LogP contribution is 2.15. The van der Waals surface area contributed by atoms with Crippen LogP contribution in [0.25, 0.3) is 0 Å². The molecule has 5 nitrogen and oxygen atoms in total. The molecule has 0 radical (unpaired) electrons. The normalized spacial score (nSPS) is 21.2. The number of hydrogen-bond donors (Lipinski definition) is 2. The molecule has 2 N–H and O–H groups in total. The molecule has 1 unspecified atom stereocenters. The van der Waals surface area contributed by atoms with Crippen molar-refractivity contribution in [1.82, 2.24) is 15.5 Å². The van der Waals surface area contributed by atoms with E-state index in [1.165, 1.54) is 9.75 Å². The fraction of sp³-hybridized carbons (Fsp3) is 0.500. The predicted molar refractivity (Wildman–Crippen MR) is 77.1 cm³/mol. The second kappa shape index (κ2) is 5.39. The van der Waals surface area contributed by atoms with Crippen LogP contribution in [-0.4, -0.2) is 37.1 Å². The topological polar surface area (TPSA) is 52.0 Å². The third-order valence-electron chi connectivity index (χ3n) is 2.50. The minimum Gasteiger partial charge on any atom is -0.349 e. The molecule has 0 fully saturated rings. The van der Waals surface area contributed by atoms with Crippen LogP contribution in [0.15, 0.2) is 22.1 Å². The lowest BCUT2D eigenvalue weighted by Gasteiger charge is -2.26. The van der Waals surface area contributed by atoms with Gasteiger partial charge >= 0.3 is 0 Å². The van der Waals surface area contributed by atoms with Crippen molar-refractivity contribution < 1.29 is 0 Å². The molecule has 1 aromatic rings. The molecule has 1 aromatic heterocycles. The summed E-state index contributed by atoms with van der Waals surface area (Å²) in [5.74, 6) is 1.62. The first-order valence-corrected chi connectivity index (χ1v) is 6.74. The van der Waals surface area contributed by atoms with Crippen LogP contribution < -0.4 is 10.6 Å². The summed E-state index contributed by atoms with van der Waals surface area (Å²) in [5.41, 5.74) is 0. The van der Waals surface area contributed by atoms with Gasteiger partial charge in [0.05, 0.1) is 6.54 Å². The zero-order valence-corrected chi connectivity index (χ0v) is 12.0. The Balaban J connectivity index is 2.03. The standard InChI is InChI=1S/C12H19N5S/c1-8-5-6-10(18-8)7-13-11-14-9(2)15-12(16-11)17(3)4/h5-6,9H,7H2,1-4H3,(H2,13,14,15,16). The van der Waals surface area contributed by atoms with Crippen LogP contribution in [-0.2, 0) is 6.54 Å². The maximum absolute atomic E-state index is 4.55. The van der Waals surface area contributed by atoms with Crippen LogP contribution in [0.4, 0.5) is 0 Å². The fourth-order valence-electron chi connectivity index (χ4n) is 1.63. The summed E-state index contributed by atoms with van der Waals surface area (Å²) in [6.45, 7) is 4.81. The fourth-order valence-corrected chi connectivity index (χ4v) is 2.44. The Morgan fingerprint density at radius 1 is 1.44 bits per heavy atom. The van der Waals surface area contributed by atoms with Gasteiger partial charge in [0.1, 0.15) is 6.17 Å². The Bertz CT molecular complexity index is 475. The largest absolute Gasteiger partial charge is 0.349 e. The van der Waals surface area contributed by atoms with Crippen LogP contribution in [0, 0.1) is 6.92 Å². The van der Waals surface area contributed by atoms with Gasteiger partial charge in [-0.05, 0) is 26.0 Å². The molecule has 1 aliphatic rings. The van der Waals surface area contributed by atoms with Gasteiger partial charge in [0.15, 0.2) is 5.96 Å². The van der Waals surface area contributed by atoms with Crippen LogP contribution in [0.5, 0.6) is 0 Å². The van der Waals surface area contributed by atoms with Crippen molar-refractivity contribution in [2.45, 2.75) is 26.6 Å². The maximum atomic E-state index is 4.55. The molecule has 0 saturated heterocycles. The molecule has 98 valence electrons. The average molecular weight is 265 g/mol. The van der Waals surface area contributed by atoms with E-state index in [1.54, 1.807) is 11.3 Å². The highest BCUT2D eigenvalue weighted by atomic mass is 32.1. The van der Waals surface area contributed by atoms with E-state index >= 15 is 0 Å². The Hall–Kier alpha value is -1.56. The van der Waals surface area contributed by atoms with Crippen molar-refractivity contribution >= 4 is 23.3 Å². The zero-order valence-electron chi connectivity index (χ0n) is 11.2. The first kappa shape index (κ1) is 12.9. The third-order valence-corrected chi connectivity index (χ3v) is 3.49. The molecule has 18 heavy (non-hydrogen) atoms. The van der Waals surface area contributed by atoms with Gasteiger partial charge in [0.2, 0.25) is 5.96 Å². The average Bonchev–Trinajstić information content (AvgIpc) is 2.72. The van der Waals surface area contributed by atoms with E-state index in [2.05, 4.69) is 39.7 Å². The predicted octanol–water partition coefficient (Wildman–Crippen LogP) is 1.37. The van der Waals surface area contributed by atoms with Crippen LogP contribution in [0.2, 0.25) is 0 Å². The number of nitrogens with zero attached hydrogens (tertiary/aromatic N) is 3. The number of aliphatic imine (C=N–C) groups is 2. The van der Waals surface area contributed by atoms with Gasteiger partial charge in [0, 0.05) is 23.8 Å². The molecule has 6 heteroatoms. The number of hydrogen-bond acceptors (Lipinski definition) is 4. The minimum absolute atomic E-state index is 0.0486. The van der Waals surface area contributed by atoms with E-state index in [1.807, 2.05) is 25.9 Å². The maximum Gasteiger partial charge on any atom is 0.202 e. The monoisotopic (exact) mass is 265 g/mol. The molecule has 0 aliphatic carbocycles. The molecule has 2 rings (SSSR count). The Kier molecular flexibility index (Phi) is 3.86. The molecular weight excluding hydrogens is 246 g/mol. The van der Waals surface area contributed by atoms with E-state index in [9.17, 15) is 0 Å². The van der Waals surface area contributed by atoms with Crippen molar-refractivity contribution in [2.24, 2.45) is 9.98 Å². The molecule has 2 heterocycles. The molecule has 1 atom stereocenters. The van der Waals surface area contributed by atoms with Crippen molar-refractivity contribution in [1.29, 1.82) is 0 Å². The molecular formula is C12H19N5S. The first-order valence-electron chi connectivity index (χ1n) is 5.93. The van der Waals surface area contributed by atoms with Gasteiger partial charge in [-0.15, -0.1) is 11.3 Å². The summed E-state index contributed by atoms with van der Waals surface area (Å²) in [6, 6.07) is 4.24. The van der Waals surface area contributed by atoms with Gasteiger partial charge in [0.25, 0.3) is 0 Å². The van der Waals surface area contributed by atoms with Crippen LogP contribution in [0.1, 0.15) is 16.7 Å². The quantitative estimate of drug-likeness (QED) is 0.849. The Labute approximate surface area is 112 Å². The highest BCUT2D eigenvalue weighted by Gasteiger charge is 2.15. The number of aryl methyl sites for hydroxylation is 1. The molecule has 0 amide bonds. The first-order chi connectivity index (χ1) is 8.54. The summed E-state index contributed by atoms with van der Waals surface area (Å²) in [7, 11) is 3.92. The summed E-state index contributed by atoms with van der Waals surface area (Å²) >= 11 is 1.78. The molecule has 0 saturated carbocycles. The lowest BCUT2D eigenvalue weighted by molar-refractivity contribution is 0.559. The van der Waals surface area contributed by atoms with Gasteiger partial charge < -0.3 is 10.2 Å². The van der Waals surface area contributed by atoms with Gasteiger partial charge in [-0.3, -0.25) is 5.32 Å². The van der Waals surface area contributed by atoms with Crippen LogP contribution in [0.3, 0.4) is 0 Å². The smallest absolute Gasteiger partial charge is 0.202 e. The van der Waals surface area contributed by atoms with E-state index in [4.69, 9.17) is 0 Å². The number of rotatable bonds is 2. The SMILES string of the molecule is Cc1ccc(CN=C2NC(N(C)C)=NC(C)N2)s1. The van der Waals surface area contributed by atoms with E-state index in [0.29, 0.717) is 6.54 Å². The highest BCUT2D eigenvalue weighted by molar-refractivity contribution is 7.11. The lowest BCUT2D eigenvalue weighted by atomic mass is 10.4. The molecule has 1 aliphatic heterocycles. The summed E-state index contributed by atoms with van der Waals surface area (Å²) in [5, 5.41) is 6.39. The van der Waals surface area contributed by atoms with Gasteiger partial charge in [-0.2, -0.15) is 0 Å². The van der Waals surface area contributed by atoms with Crippen molar-refractivity contribution in [3.8, 4) is 0 Å². The van der Waals surface area contributed by atoms with Crippen molar-refractivity contribution in [2.75, 3.05) is 14.1 Å². The van der Waals surface area contributed by atoms with Gasteiger partial charge in [-0.25, -0.2) is 9.98 Å². The summed E-state index contributed by atoms with van der Waals surface area (Å²) in [4.78, 5) is 13.5. The van der Waals surface area contributed by atoms with Crippen molar-refractivity contribution in [3.63, 3.8) is 0 Å². The zero-order chi connectivity index (χ0) is 13.1. The minimum atomic E-state index is 0.0486. The van der Waals surface area contributed by atoms with Crippen LogP contribution >= 0.6 is 11.3 Å². The van der Waals surface area contributed by atoms with Crippen molar-refractivity contribution in [3.05, 3.63) is 21.9 Å².